The smallest absolute Gasteiger partial charge is 0.0701 e. The summed E-state index contributed by atoms with van der Waals surface area (Å²) in [6, 6.07) is 0. The highest BCUT2D eigenvalue weighted by Gasteiger charge is 1.89. The highest BCUT2D eigenvalue weighted by atomic mass is 16.5. The lowest BCUT2D eigenvalue weighted by atomic mass is 10.3. The van der Waals surface area contributed by atoms with E-state index in [0.717, 1.165) is 12.8 Å². The Bertz CT molecular complexity index is 109. The van der Waals surface area contributed by atoms with Gasteiger partial charge in [0.1, 0.15) is 0 Å². The molecule has 0 atom stereocenters. The fourth-order valence-corrected chi connectivity index (χ4v) is 0.752. The summed E-state index contributed by atoms with van der Waals surface area (Å²) in [6.07, 6.45) is 3.12. The molecule has 4 heteroatoms. The summed E-state index contributed by atoms with van der Waals surface area (Å²) in [7, 11) is 1.65. The number of ether oxygens (including phenoxy) is 3. The third-order valence-electron chi connectivity index (χ3n) is 1.44. The Morgan fingerprint density at radius 1 is 1.00 bits per heavy atom. The number of rotatable bonds is 10. The molecule has 0 rings (SSSR count). The topological polar surface area (TPSA) is 51.5 Å². The van der Waals surface area contributed by atoms with Gasteiger partial charge in [-0.25, -0.2) is 0 Å². The molecule has 0 aliphatic heterocycles. The van der Waals surface area contributed by atoms with Gasteiger partial charge in [-0.15, -0.1) is 0 Å². The predicted molar refractivity (Wildman–Crippen MR) is 51.5 cm³/mol. The Labute approximate surface area is 79.7 Å². The Morgan fingerprint density at radius 3 is 2.23 bits per heavy atom. The van der Waals surface area contributed by atoms with Crippen LogP contribution in [0.3, 0.4) is 0 Å². The molecule has 0 aromatic heterocycles. The van der Waals surface area contributed by atoms with Crippen molar-refractivity contribution < 1.29 is 14.2 Å². The Hall–Kier alpha value is -0.450. The Morgan fingerprint density at radius 2 is 1.62 bits per heavy atom. The quantitative estimate of drug-likeness (QED) is 0.413. The van der Waals surface area contributed by atoms with Crippen molar-refractivity contribution in [2.45, 2.75) is 12.8 Å². The summed E-state index contributed by atoms with van der Waals surface area (Å²) < 4.78 is 15.2. The van der Waals surface area contributed by atoms with Gasteiger partial charge in [-0.2, -0.15) is 0 Å². The van der Waals surface area contributed by atoms with Crippen LogP contribution >= 0.6 is 0 Å². The van der Waals surface area contributed by atoms with Crippen LogP contribution in [-0.2, 0) is 14.2 Å². The van der Waals surface area contributed by atoms with Crippen molar-refractivity contribution in [3.8, 4) is 0 Å². The van der Waals surface area contributed by atoms with Crippen LogP contribution in [0.15, 0.2) is 0 Å². The zero-order valence-electron chi connectivity index (χ0n) is 8.25. The van der Waals surface area contributed by atoms with Gasteiger partial charge in [0.05, 0.1) is 26.4 Å². The molecule has 0 heterocycles. The molecule has 13 heavy (non-hydrogen) atoms. The van der Waals surface area contributed by atoms with Crippen molar-refractivity contribution in [3.63, 3.8) is 0 Å². The van der Waals surface area contributed by atoms with E-state index in [1.807, 2.05) is 0 Å². The van der Waals surface area contributed by atoms with Crippen LogP contribution in [0.25, 0.3) is 0 Å². The average Bonchev–Trinajstić information content (AvgIpc) is 2.16. The van der Waals surface area contributed by atoms with E-state index in [0.29, 0.717) is 33.0 Å². The zero-order valence-corrected chi connectivity index (χ0v) is 8.25. The standard InChI is InChI=1S/C9H19NO3/c1-11-6-7-13-9-8-12-5-3-2-4-10/h4,10H,2-3,5-9H2,1H3. The van der Waals surface area contributed by atoms with E-state index in [1.54, 1.807) is 7.11 Å². The summed E-state index contributed by atoms with van der Waals surface area (Å²) >= 11 is 0. The molecular formula is C9H19NO3. The lowest BCUT2D eigenvalue weighted by Gasteiger charge is -2.04. The van der Waals surface area contributed by atoms with Crippen molar-refractivity contribution in [2.24, 2.45) is 0 Å². The first-order valence-electron chi connectivity index (χ1n) is 4.55. The molecule has 0 spiro atoms. The third-order valence-corrected chi connectivity index (χ3v) is 1.44. The summed E-state index contributed by atoms with van der Waals surface area (Å²) in [5, 5.41) is 6.78. The molecule has 0 saturated heterocycles. The first-order chi connectivity index (χ1) is 6.41. The molecule has 0 aliphatic rings. The van der Waals surface area contributed by atoms with Crippen LogP contribution < -0.4 is 0 Å². The first kappa shape index (κ1) is 12.6. The van der Waals surface area contributed by atoms with Crippen molar-refractivity contribution in [3.05, 3.63) is 0 Å². The maximum Gasteiger partial charge on any atom is 0.0701 e. The Balaban J connectivity index is 2.79. The average molecular weight is 189 g/mol. The molecule has 0 aromatic rings. The molecule has 1 N–H and O–H groups in total. The molecule has 0 unspecified atom stereocenters. The van der Waals surface area contributed by atoms with E-state index in [4.69, 9.17) is 19.6 Å². The first-order valence-corrected chi connectivity index (χ1v) is 4.55. The van der Waals surface area contributed by atoms with Gasteiger partial charge < -0.3 is 19.6 Å². The molecule has 0 radical (unpaired) electrons. The number of unbranched alkanes of at least 4 members (excludes halogenated alkanes) is 1. The third kappa shape index (κ3) is 11.5. The SMILES string of the molecule is COCCOCCOCCCC=N. The van der Waals surface area contributed by atoms with E-state index in [9.17, 15) is 0 Å². The molecule has 4 nitrogen and oxygen atoms in total. The van der Waals surface area contributed by atoms with Gasteiger partial charge in [0, 0.05) is 13.7 Å². The lowest BCUT2D eigenvalue weighted by Crippen LogP contribution is -2.08. The minimum Gasteiger partial charge on any atom is -0.382 e. The maximum atomic E-state index is 6.78. The number of methoxy groups -OCH3 is 1. The molecule has 0 amide bonds. The fourth-order valence-electron chi connectivity index (χ4n) is 0.752. The van der Waals surface area contributed by atoms with Gasteiger partial charge in [0.15, 0.2) is 0 Å². The minimum absolute atomic E-state index is 0.619. The van der Waals surface area contributed by atoms with Crippen LogP contribution in [0.1, 0.15) is 12.8 Å². The van der Waals surface area contributed by atoms with E-state index in [1.165, 1.54) is 6.21 Å². The Kier molecular flexibility index (Phi) is 11.2. The second-order valence-corrected chi connectivity index (χ2v) is 2.56. The second-order valence-electron chi connectivity index (χ2n) is 2.56. The lowest BCUT2D eigenvalue weighted by molar-refractivity contribution is 0.0246. The van der Waals surface area contributed by atoms with E-state index in [2.05, 4.69) is 0 Å². The van der Waals surface area contributed by atoms with Crippen molar-refractivity contribution >= 4 is 6.21 Å². The molecule has 0 fully saturated rings. The fraction of sp³-hybridized carbons (Fsp3) is 0.889. The van der Waals surface area contributed by atoms with Crippen LogP contribution in [-0.4, -0.2) is 46.4 Å². The van der Waals surface area contributed by atoms with Gasteiger partial charge in [0.2, 0.25) is 0 Å². The van der Waals surface area contributed by atoms with Gasteiger partial charge in [0.25, 0.3) is 0 Å². The van der Waals surface area contributed by atoms with E-state index in [-0.39, 0.29) is 0 Å². The molecule has 0 aromatic carbocycles. The monoisotopic (exact) mass is 189 g/mol. The van der Waals surface area contributed by atoms with Gasteiger partial charge >= 0.3 is 0 Å². The largest absolute Gasteiger partial charge is 0.382 e. The number of hydrogen-bond donors (Lipinski definition) is 1. The normalized spacial score (nSPS) is 10.2. The molecule has 0 aliphatic carbocycles. The summed E-state index contributed by atoms with van der Waals surface area (Å²) in [5.41, 5.74) is 0. The van der Waals surface area contributed by atoms with E-state index < -0.39 is 0 Å². The van der Waals surface area contributed by atoms with Crippen LogP contribution in [0.2, 0.25) is 0 Å². The number of nitrogens with one attached hydrogen (secondary N) is 1. The van der Waals surface area contributed by atoms with E-state index >= 15 is 0 Å². The van der Waals surface area contributed by atoms with Crippen LogP contribution in [0.5, 0.6) is 0 Å². The van der Waals surface area contributed by atoms with Crippen LogP contribution in [0.4, 0.5) is 0 Å². The summed E-state index contributed by atoms with van der Waals surface area (Å²) in [5.74, 6) is 0. The molecular weight excluding hydrogens is 170 g/mol. The summed E-state index contributed by atoms with van der Waals surface area (Å²) in [4.78, 5) is 0. The molecule has 0 saturated carbocycles. The minimum atomic E-state index is 0.619. The van der Waals surface area contributed by atoms with Crippen molar-refractivity contribution in [1.82, 2.24) is 0 Å². The second kappa shape index (κ2) is 11.6. The highest BCUT2D eigenvalue weighted by Crippen LogP contribution is 1.86. The number of hydrogen-bond acceptors (Lipinski definition) is 4. The maximum absolute atomic E-state index is 6.78. The van der Waals surface area contributed by atoms with Gasteiger partial charge in [-0.05, 0) is 19.1 Å². The highest BCUT2D eigenvalue weighted by molar-refractivity contribution is 5.52. The zero-order chi connectivity index (χ0) is 9.78. The van der Waals surface area contributed by atoms with Crippen molar-refractivity contribution in [1.29, 1.82) is 5.41 Å². The molecule has 78 valence electrons. The summed E-state index contributed by atoms with van der Waals surface area (Å²) in [6.45, 7) is 3.22. The van der Waals surface area contributed by atoms with Gasteiger partial charge in [-0.1, -0.05) is 0 Å². The predicted octanol–water partition coefficient (Wildman–Crippen LogP) is 1.10. The van der Waals surface area contributed by atoms with Crippen molar-refractivity contribution in [2.75, 3.05) is 40.1 Å². The van der Waals surface area contributed by atoms with Crippen LogP contribution in [0, 0.1) is 5.41 Å². The van der Waals surface area contributed by atoms with Gasteiger partial charge in [-0.3, -0.25) is 0 Å². The molecule has 0 bridgehead atoms.